The van der Waals surface area contributed by atoms with Crippen molar-refractivity contribution >= 4 is 15.9 Å². The van der Waals surface area contributed by atoms with Gasteiger partial charge in [-0.2, -0.15) is 0 Å². The van der Waals surface area contributed by atoms with Gasteiger partial charge in [-0.1, -0.05) is 35.7 Å². The monoisotopic (exact) mass is 260 g/mol. The zero-order valence-corrected chi connectivity index (χ0v) is 10.7. The van der Waals surface area contributed by atoms with Crippen LogP contribution in [0.25, 0.3) is 0 Å². The molecule has 0 spiro atoms. The Balaban J connectivity index is 1.92. The number of ether oxygens (including phenoxy) is 1. The van der Waals surface area contributed by atoms with Crippen molar-refractivity contribution in [3.63, 3.8) is 0 Å². The summed E-state index contributed by atoms with van der Waals surface area (Å²) in [4.78, 5) is 0. The van der Waals surface area contributed by atoms with Crippen LogP contribution in [0.3, 0.4) is 0 Å². The number of halogens is 1. The summed E-state index contributed by atoms with van der Waals surface area (Å²) in [6.45, 7) is 2.36. The summed E-state index contributed by atoms with van der Waals surface area (Å²) in [5, 5.41) is 1.03. The van der Waals surface area contributed by atoms with E-state index in [1.54, 1.807) is 0 Å². The van der Waals surface area contributed by atoms with Gasteiger partial charge < -0.3 is 4.74 Å². The molecule has 2 rings (SSSR count). The number of rotatable bonds is 3. The lowest BCUT2D eigenvalue weighted by molar-refractivity contribution is -0.131. The maximum Gasteiger partial charge on any atom is 0.0785 e. The summed E-state index contributed by atoms with van der Waals surface area (Å²) in [5.41, 5.74) is 0.183. The molecule has 0 aromatic heterocycles. The van der Waals surface area contributed by atoms with E-state index in [4.69, 9.17) is 4.74 Å². The highest BCUT2D eigenvalue weighted by Crippen LogP contribution is 2.40. The second-order valence-electron chi connectivity index (χ2n) is 5.19. The van der Waals surface area contributed by atoms with E-state index in [9.17, 15) is 0 Å². The lowest BCUT2D eigenvalue weighted by Crippen LogP contribution is -2.44. The maximum atomic E-state index is 6.29. The van der Waals surface area contributed by atoms with Crippen LogP contribution in [0.15, 0.2) is 0 Å². The van der Waals surface area contributed by atoms with Crippen LogP contribution in [0.2, 0.25) is 0 Å². The zero-order valence-electron chi connectivity index (χ0n) is 9.10. The van der Waals surface area contributed by atoms with Gasteiger partial charge in [-0.05, 0) is 38.0 Å². The Morgan fingerprint density at radius 2 is 2.07 bits per heavy atom. The Morgan fingerprint density at radius 3 is 2.57 bits per heavy atom. The summed E-state index contributed by atoms with van der Waals surface area (Å²) in [7, 11) is 0. The van der Waals surface area contributed by atoms with Crippen molar-refractivity contribution in [1.82, 2.24) is 0 Å². The van der Waals surface area contributed by atoms with E-state index >= 15 is 0 Å². The standard InChI is InChI=1S/C12H21BrO/c1-10-4-3-7-12(8-10,9-13)14-11-5-2-6-11/h10-11H,2-9H2,1H3. The summed E-state index contributed by atoms with van der Waals surface area (Å²) < 4.78 is 6.29. The average Bonchev–Trinajstić information content (AvgIpc) is 2.12. The molecule has 82 valence electrons. The first kappa shape index (κ1) is 10.9. The molecule has 2 aliphatic rings. The summed E-state index contributed by atoms with van der Waals surface area (Å²) in [6.07, 6.45) is 9.80. The molecule has 0 aromatic carbocycles. The Hall–Kier alpha value is 0.440. The fourth-order valence-electron chi connectivity index (χ4n) is 2.71. The van der Waals surface area contributed by atoms with Crippen molar-refractivity contribution in [2.24, 2.45) is 5.92 Å². The SMILES string of the molecule is CC1CCCC(CBr)(OC2CCC2)C1. The van der Waals surface area contributed by atoms with E-state index in [1.807, 2.05) is 0 Å². The molecule has 0 heterocycles. The van der Waals surface area contributed by atoms with Gasteiger partial charge in [-0.25, -0.2) is 0 Å². The van der Waals surface area contributed by atoms with E-state index in [1.165, 1.54) is 44.9 Å². The molecule has 2 aliphatic carbocycles. The molecular weight excluding hydrogens is 240 g/mol. The van der Waals surface area contributed by atoms with E-state index in [2.05, 4.69) is 22.9 Å². The van der Waals surface area contributed by atoms with Crippen molar-refractivity contribution in [3.8, 4) is 0 Å². The van der Waals surface area contributed by atoms with Crippen LogP contribution in [0.5, 0.6) is 0 Å². The van der Waals surface area contributed by atoms with Gasteiger partial charge in [0.1, 0.15) is 0 Å². The van der Waals surface area contributed by atoms with Gasteiger partial charge in [0.05, 0.1) is 11.7 Å². The molecule has 0 radical (unpaired) electrons. The second-order valence-corrected chi connectivity index (χ2v) is 5.75. The van der Waals surface area contributed by atoms with Crippen LogP contribution in [-0.2, 0) is 4.74 Å². The van der Waals surface area contributed by atoms with Crippen LogP contribution in [0.4, 0.5) is 0 Å². The number of alkyl halides is 1. The highest BCUT2D eigenvalue weighted by atomic mass is 79.9. The molecule has 0 N–H and O–H groups in total. The van der Waals surface area contributed by atoms with Crippen molar-refractivity contribution < 1.29 is 4.74 Å². The van der Waals surface area contributed by atoms with Crippen molar-refractivity contribution in [2.75, 3.05) is 5.33 Å². The highest BCUT2D eigenvalue weighted by Gasteiger charge is 2.38. The van der Waals surface area contributed by atoms with Crippen molar-refractivity contribution in [1.29, 1.82) is 0 Å². The summed E-state index contributed by atoms with van der Waals surface area (Å²) in [6, 6.07) is 0. The number of hydrogen-bond acceptors (Lipinski definition) is 1. The molecule has 2 atom stereocenters. The molecule has 2 unspecified atom stereocenters. The normalized spacial score (nSPS) is 39.4. The Labute approximate surface area is 95.7 Å². The zero-order chi connectivity index (χ0) is 10.0. The molecule has 0 bridgehead atoms. The fourth-order valence-corrected chi connectivity index (χ4v) is 3.36. The van der Waals surface area contributed by atoms with E-state index < -0.39 is 0 Å². The van der Waals surface area contributed by atoms with E-state index in [0.29, 0.717) is 6.10 Å². The molecular formula is C12H21BrO. The Bertz CT molecular complexity index is 191. The lowest BCUT2D eigenvalue weighted by Gasteiger charge is -2.43. The topological polar surface area (TPSA) is 9.23 Å². The van der Waals surface area contributed by atoms with Gasteiger partial charge in [0, 0.05) is 5.33 Å². The van der Waals surface area contributed by atoms with Crippen molar-refractivity contribution in [2.45, 2.75) is 63.6 Å². The Morgan fingerprint density at radius 1 is 1.29 bits per heavy atom. The molecule has 14 heavy (non-hydrogen) atoms. The van der Waals surface area contributed by atoms with Gasteiger partial charge in [-0.15, -0.1) is 0 Å². The van der Waals surface area contributed by atoms with Gasteiger partial charge >= 0.3 is 0 Å². The van der Waals surface area contributed by atoms with Gasteiger partial charge in [0.25, 0.3) is 0 Å². The van der Waals surface area contributed by atoms with E-state index in [-0.39, 0.29) is 5.60 Å². The third-order valence-electron chi connectivity index (χ3n) is 3.76. The van der Waals surface area contributed by atoms with Crippen LogP contribution >= 0.6 is 15.9 Å². The predicted octanol–water partition coefficient (Wildman–Crippen LogP) is 3.90. The van der Waals surface area contributed by atoms with Gasteiger partial charge in [0.2, 0.25) is 0 Å². The minimum absolute atomic E-state index is 0.183. The quantitative estimate of drug-likeness (QED) is 0.700. The van der Waals surface area contributed by atoms with E-state index in [0.717, 1.165) is 11.2 Å². The highest BCUT2D eigenvalue weighted by molar-refractivity contribution is 9.09. The van der Waals surface area contributed by atoms with Crippen molar-refractivity contribution in [3.05, 3.63) is 0 Å². The molecule has 0 amide bonds. The third kappa shape index (κ3) is 2.33. The van der Waals surface area contributed by atoms with Crippen LogP contribution in [0, 0.1) is 5.92 Å². The Kier molecular flexibility index (Phi) is 3.54. The first-order valence-electron chi connectivity index (χ1n) is 5.98. The molecule has 0 aromatic rings. The minimum Gasteiger partial charge on any atom is -0.371 e. The van der Waals surface area contributed by atoms with Gasteiger partial charge in [0.15, 0.2) is 0 Å². The smallest absolute Gasteiger partial charge is 0.0785 e. The predicted molar refractivity (Wildman–Crippen MR) is 62.9 cm³/mol. The summed E-state index contributed by atoms with van der Waals surface area (Å²) >= 11 is 3.65. The second kappa shape index (κ2) is 4.52. The first-order valence-corrected chi connectivity index (χ1v) is 7.10. The number of hydrogen-bond donors (Lipinski definition) is 0. The molecule has 2 saturated carbocycles. The fraction of sp³-hybridized carbons (Fsp3) is 1.00. The molecule has 1 nitrogen and oxygen atoms in total. The largest absolute Gasteiger partial charge is 0.371 e. The molecule has 0 saturated heterocycles. The van der Waals surface area contributed by atoms with Crippen LogP contribution in [0.1, 0.15) is 51.9 Å². The first-order chi connectivity index (χ1) is 6.74. The van der Waals surface area contributed by atoms with Crippen LogP contribution in [-0.4, -0.2) is 17.0 Å². The molecule has 2 heteroatoms. The van der Waals surface area contributed by atoms with Crippen LogP contribution < -0.4 is 0 Å². The van der Waals surface area contributed by atoms with Gasteiger partial charge in [-0.3, -0.25) is 0 Å². The third-order valence-corrected chi connectivity index (χ3v) is 4.78. The minimum atomic E-state index is 0.183. The average molecular weight is 261 g/mol. The molecule has 2 fully saturated rings. The lowest BCUT2D eigenvalue weighted by atomic mass is 9.79. The molecule has 0 aliphatic heterocycles. The summed E-state index contributed by atoms with van der Waals surface area (Å²) in [5.74, 6) is 0.848. The maximum absolute atomic E-state index is 6.29.